The van der Waals surface area contributed by atoms with Gasteiger partial charge < -0.3 is 14.5 Å². The van der Waals surface area contributed by atoms with Gasteiger partial charge in [-0.2, -0.15) is 0 Å². The van der Waals surface area contributed by atoms with Crippen molar-refractivity contribution in [3.63, 3.8) is 0 Å². The van der Waals surface area contributed by atoms with Crippen LogP contribution < -0.4 is 9.47 Å². The van der Waals surface area contributed by atoms with Gasteiger partial charge in [-0.05, 0) is 43.5 Å². The molecule has 1 N–H and O–H groups in total. The third-order valence-electron chi connectivity index (χ3n) is 4.66. The van der Waals surface area contributed by atoms with Crippen LogP contribution in [0.2, 0.25) is 0 Å². The molecular formula is C21H27N3O3. The second kappa shape index (κ2) is 8.75. The van der Waals surface area contributed by atoms with E-state index in [4.69, 9.17) is 9.47 Å². The molecule has 0 atom stereocenters. The molecule has 0 unspecified atom stereocenters. The van der Waals surface area contributed by atoms with E-state index in [9.17, 15) is 4.79 Å². The number of aryl methyl sites for hydroxylation is 3. The van der Waals surface area contributed by atoms with Crippen molar-refractivity contribution in [1.29, 1.82) is 0 Å². The van der Waals surface area contributed by atoms with Crippen LogP contribution in [0.25, 0.3) is 10.9 Å². The molecule has 3 aromatic rings. The highest BCUT2D eigenvalue weighted by Crippen LogP contribution is 2.27. The van der Waals surface area contributed by atoms with Gasteiger partial charge in [0.1, 0.15) is 24.7 Å². The molecule has 0 aliphatic rings. The van der Waals surface area contributed by atoms with E-state index < -0.39 is 0 Å². The molecule has 2 aromatic heterocycles. The van der Waals surface area contributed by atoms with Crippen molar-refractivity contribution >= 4 is 16.7 Å². The van der Waals surface area contributed by atoms with Crippen LogP contribution >= 0.6 is 0 Å². The molecular weight excluding hydrogens is 342 g/mol. The van der Waals surface area contributed by atoms with E-state index >= 15 is 0 Å². The molecule has 0 radical (unpaired) electrons. The fourth-order valence-corrected chi connectivity index (χ4v) is 3.19. The van der Waals surface area contributed by atoms with Crippen molar-refractivity contribution in [1.82, 2.24) is 14.8 Å². The van der Waals surface area contributed by atoms with Crippen molar-refractivity contribution < 1.29 is 14.3 Å². The summed E-state index contributed by atoms with van der Waals surface area (Å²) in [5.74, 6) is 1.74. The fraction of sp³-hybridized carbons (Fsp3) is 0.429. The first-order valence-corrected chi connectivity index (χ1v) is 9.45. The summed E-state index contributed by atoms with van der Waals surface area (Å²) < 4.78 is 13.1. The van der Waals surface area contributed by atoms with Gasteiger partial charge in [-0.15, -0.1) is 5.10 Å². The Hall–Kier alpha value is -2.76. The number of rotatable bonds is 10. The minimum absolute atomic E-state index is 0.324. The van der Waals surface area contributed by atoms with Crippen LogP contribution in [0.3, 0.4) is 0 Å². The maximum atomic E-state index is 11.5. The molecule has 144 valence electrons. The molecule has 0 spiro atoms. The zero-order valence-corrected chi connectivity index (χ0v) is 16.2. The molecule has 1 aromatic carbocycles. The lowest BCUT2D eigenvalue weighted by molar-refractivity contribution is -0.118. The molecule has 3 rings (SSSR count). The molecule has 2 heterocycles. The van der Waals surface area contributed by atoms with E-state index in [0.717, 1.165) is 29.8 Å². The Kier molecular flexibility index (Phi) is 6.16. The third-order valence-corrected chi connectivity index (χ3v) is 4.66. The highest BCUT2D eigenvalue weighted by atomic mass is 16.5. The zero-order valence-electron chi connectivity index (χ0n) is 16.2. The minimum atomic E-state index is 0.324. The number of hydrogen-bond acceptors (Lipinski definition) is 4. The third kappa shape index (κ3) is 4.90. The van der Waals surface area contributed by atoms with Crippen LogP contribution in [0.5, 0.6) is 11.6 Å². The number of aromatic amines is 1. The second-order valence-electron chi connectivity index (χ2n) is 6.71. The number of nitrogens with one attached hydrogen (secondary N) is 1. The Morgan fingerprint density at radius 1 is 1.22 bits per heavy atom. The topological polar surface area (TPSA) is 69.1 Å². The molecule has 6 heteroatoms. The average Bonchev–Trinajstić information content (AvgIpc) is 3.21. The van der Waals surface area contributed by atoms with Gasteiger partial charge in [-0.25, -0.2) is 0 Å². The molecule has 0 bridgehead atoms. The number of carbonyl (C=O) groups excluding carboxylic acids is 1. The smallest absolute Gasteiger partial charge is 0.232 e. The Balaban J connectivity index is 1.59. The van der Waals surface area contributed by atoms with Gasteiger partial charge in [0.05, 0.1) is 0 Å². The molecule has 6 nitrogen and oxygen atoms in total. The van der Waals surface area contributed by atoms with Crippen LogP contribution in [0.4, 0.5) is 0 Å². The van der Waals surface area contributed by atoms with Gasteiger partial charge in [0, 0.05) is 48.7 Å². The lowest BCUT2D eigenvalue weighted by Gasteiger charge is -2.07. The largest absolute Gasteiger partial charge is 0.490 e. The number of nitrogens with zero attached hydrogens (tertiary/aromatic N) is 2. The first kappa shape index (κ1) is 19.0. The quantitative estimate of drug-likeness (QED) is 0.549. The van der Waals surface area contributed by atoms with Gasteiger partial charge in [-0.3, -0.25) is 9.48 Å². The van der Waals surface area contributed by atoms with Crippen molar-refractivity contribution in [3.8, 4) is 11.6 Å². The number of fused-ring (bicyclic) bond motifs is 1. The zero-order chi connectivity index (χ0) is 19.2. The number of H-pyrrole nitrogens is 1. The van der Waals surface area contributed by atoms with E-state index in [1.807, 2.05) is 38.4 Å². The van der Waals surface area contributed by atoms with Crippen molar-refractivity contribution in [2.45, 2.75) is 39.5 Å². The SMILES string of the molecule is CCC(=O)CCCc1c(C)[nH]c2ccc(OCCOc3ccn(C)n3)cc12. The molecule has 0 saturated carbocycles. The number of aromatic nitrogens is 3. The Morgan fingerprint density at radius 2 is 2.04 bits per heavy atom. The first-order chi connectivity index (χ1) is 13.1. The summed E-state index contributed by atoms with van der Waals surface area (Å²) in [6, 6.07) is 7.89. The van der Waals surface area contributed by atoms with Crippen LogP contribution in [0, 0.1) is 6.92 Å². The number of benzene rings is 1. The normalized spacial score (nSPS) is 11.1. The van der Waals surface area contributed by atoms with Crippen molar-refractivity contribution in [3.05, 3.63) is 41.7 Å². The minimum Gasteiger partial charge on any atom is -0.490 e. The average molecular weight is 369 g/mol. The van der Waals surface area contributed by atoms with Crippen LogP contribution in [-0.2, 0) is 18.3 Å². The second-order valence-corrected chi connectivity index (χ2v) is 6.71. The summed E-state index contributed by atoms with van der Waals surface area (Å²) in [4.78, 5) is 15.0. The van der Waals surface area contributed by atoms with E-state index in [2.05, 4.69) is 23.1 Å². The van der Waals surface area contributed by atoms with E-state index in [-0.39, 0.29) is 0 Å². The Labute approximate surface area is 159 Å². The number of ether oxygens (including phenoxy) is 2. The van der Waals surface area contributed by atoms with Crippen molar-refractivity contribution in [2.24, 2.45) is 7.05 Å². The lowest BCUT2D eigenvalue weighted by atomic mass is 10.0. The first-order valence-electron chi connectivity index (χ1n) is 9.45. The maximum absolute atomic E-state index is 11.5. The van der Waals surface area contributed by atoms with E-state index in [0.29, 0.717) is 37.7 Å². The number of carbonyl (C=O) groups is 1. The molecule has 0 fully saturated rings. The standard InChI is InChI=1S/C21H27N3O3/c1-4-16(25)6-5-7-18-15(2)22-20-9-8-17(14-19(18)20)26-12-13-27-21-10-11-24(3)23-21/h8-11,14,22H,4-7,12-13H2,1-3H3. The number of ketones is 1. The maximum Gasteiger partial charge on any atom is 0.232 e. The van der Waals surface area contributed by atoms with E-state index in [1.165, 1.54) is 10.9 Å². The highest BCUT2D eigenvalue weighted by molar-refractivity contribution is 5.86. The summed E-state index contributed by atoms with van der Waals surface area (Å²) in [5.41, 5.74) is 3.52. The van der Waals surface area contributed by atoms with E-state index in [1.54, 1.807) is 4.68 Å². The van der Waals surface area contributed by atoms with Crippen LogP contribution in [-0.4, -0.2) is 33.8 Å². The lowest BCUT2D eigenvalue weighted by Crippen LogP contribution is -2.09. The highest BCUT2D eigenvalue weighted by Gasteiger charge is 2.10. The Bertz CT molecular complexity index is 911. The molecule has 0 aliphatic heterocycles. The monoisotopic (exact) mass is 369 g/mol. The Morgan fingerprint density at radius 3 is 2.78 bits per heavy atom. The van der Waals surface area contributed by atoms with Gasteiger partial charge >= 0.3 is 0 Å². The number of Topliss-reactive ketones (excluding diaryl/α,β-unsaturated/α-hetero) is 1. The van der Waals surface area contributed by atoms with Gasteiger partial charge in [0.2, 0.25) is 5.88 Å². The summed E-state index contributed by atoms with van der Waals surface area (Å²) >= 11 is 0. The molecule has 0 aliphatic carbocycles. The predicted molar refractivity (Wildman–Crippen MR) is 105 cm³/mol. The van der Waals surface area contributed by atoms with Crippen molar-refractivity contribution in [2.75, 3.05) is 13.2 Å². The molecule has 27 heavy (non-hydrogen) atoms. The number of hydrogen-bond donors (Lipinski definition) is 1. The van der Waals surface area contributed by atoms with Gasteiger partial charge in [0.15, 0.2) is 0 Å². The van der Waals surface area contributed by atoms with Crippen LogP contribution in [0.1, 0.15) is 37.4 Å². The summed E-state index contributed by atoms with van der Waals surface area (Å²) in [5, 5.41) is 5.33. The van der Waals surface area contributed by atoms with Gasteiger partial charge in [-0.1, -0.05) is 6.92 Å². The van der Waals surface area contributed by atoms with Crippen LogP contribution in [0.15, 0.2) is 30.5 Å². The summed E-state index contributed by atoms with van der Waals surface area (Å²) in [6.45, 7) is 4.89. The summed E-state index contributed by atoms with van der Waals surface area (Å²) in [7, 11) is 1.85. The fourth-order valence-electron chi connectivity index (χ4n) is 3.19. The van der Waals surface area contributed by atoms with Gasteiger partial charge in [0.25, 0.3) is 0 Å². The molecule has 0 saturated heterocycles. The summed E-state index contributed by atoms with van der Waals surface area (Å²) in [6.07, 6.45) is 4.87. The molecule has 0 amide bonds. The predicted octanol–water partition coefficient (Wildman–Crippen LogP) is 3.97.